The second-order valence-corrected chi connectivity index (χ2v) is 6.28. The average molecular weight is 352 g/mol. The summed E-state index contributed by atoms with van der Waals surface area (Å²) in [5, 5.41) is 12.8. The molecule has 0 aliphatic rings. The Labute approximate surface area is 141 Å². The lowest BCUT2D eigenvalue weighted by molar-refractivity contribution is -0.384. The SMILES string of the molecule is C[C@@H](SCC(=O)Nc1c(F)cccc1F)c1cccc([N+](=O)[O-])c1. The maximum Gasteiger partial charge on any atom is 0.269 e. The number of hydrogen-bond acceptors (Lipinski definition) is 4. The van der Waals surface area contributed by atoms with E-state index in [4.69, 9.17) is 0 Å². The minimum absolute atomic E-state index is 0.0298. The monoisotopic (exact) mass is 352 g/mol. The van der Waals surface area contributed by atoms with Crippen molar-refractivity contribution < 1.29 is 18.5 Å². The minimum Gasteiger partial charge on any atom is -0.320 e. The van der Waals surface area contributed by atoms with Crippen LogP contribution in [0.25, 0.3) is 0 Å². The number of nitro benzene ring substituents is 1. The van der Waals surface area contributed by atoms with Crippen molar-refractivity contribution in [2.24, 2.45) is 0 Å². The topological polar surface area (TPSA) is 72.2 Å². The van der Waals surface area contributed by atoms with Crippen LogP contribution < -0.4 is 5.32 Å². The van der Waals surface area contributed by atoms with Gasteiger partial charge in [-0.1, -0.05) is 18.2 Å². The van der Waals surface area contributed by atoms with E-state index < -0.39 is 28.2 Å². The lowest BCUT2D eigenvalue weighted by atomic mass is 10.1. The first kappa shape index (κ1) is 17.9. The molecule has 0 spiro atoms. The molecule has 5 nitrogen and oxygen atoms in total. The van der Waals surface area contributed by atoms with Crippen LogP contribution >= 0.6 is 11.8 Å². The highest BCUT2D eigenvalue weighted by Gasteiger charge is 2.15. The van der Waals surface area contributed by atoms with Crippen LogP contribution in [0.2, 0.25) is 0 Å². The summed E-state index contributed by atoms with van der Waals surface area (Å²) in [4.78, 5) is 22.1. The van der Waals surface area contributed by atoms with Crippen molar-refractivity contribution in [3.8, 4) is 0 Å². The molecule has 0 fully saturated rings. The molecule has 2 rings (SSSR count). The van der Waals surface area contributed by atoms with Gasteiger partial charge in [0.25, 0.3) is 5.69 Å². The van der Waals surface area contributed by atoms with Gasteiger partial charge in [-0.3, -0.25) is 14.9 Å². The first-order valence-electron chi connectivity index (χ1n) is 6.98. The quantitative estimate of drug-likeness (QED) is 0.621. The van der Waals surface area contributed by atoms with Crippen LogP contribution in [-0.2, 0) is 4.79 Å². The molecule has 1 amide bonds. The molecule has 0 aromatic heterocycles. The second kappa shape index (κ2) is 7.87. The van der Waals surface area contributed by atoms with E-state index in [-0.39, 0.29) is 16.7 Å². The number of nitrogens with zero attached hydrogens (tertiary/aromatic N) is 1. The molecule has 2 aromatic rings. The first-order chi connectivity index (χ1) is 11.4. The van der Waals surface area contributed by atoms with Crippen LogP contribution in [0.4, 0.5) is 20.2 Å². The average Bonchev–Trinajstić information content (AvgIpc) is 2.56. The Morgan fingerprint density at radius 1 is 1.25 bits per heavy atom. The standard InChI is InChI=1S/C16H14F2N2O3S/c1-10(11-4-2-5-12(8-11)20(22)23)24-9-15(21)19-16-13(17)6-3-7-14(16)18/h2-8,10H,9H2,1H3,(H,19,21)/t10-/m1/s1. The number of non-ortho nitro benzene ring substituents is 1. The summed E-state index contributed by atoms with van der Waals surface area (Å²) in [5.74, 6) is -2.29. The van der Waals surface area contributed by atoms with E-state index >= 15 is 0 Å². The molecule has 0 radical (unpaired) electrons. The van der Waals surface area contributed by atoms with Crippen molar-refractivity contribution in [3.05, 3.63) is 69.8 Å². The lowest BCUT2D eigenvalue weighted by Gasteiger charge is -2.12. The van der Waals surface area contributed by atoms with Gasteiger partial charge < -0.3 is 5.32 Å². The van der Waals surface area contributed by atoms with Crippen LogP contribution in [0.15, 0.2) is 42.5 Å². The maximum absolute atomic E-state index is 13.5. The van der Waals surface area contributed by atoms with Crippen molar-refractivity contribution in [2.75, 3.05) is 11.1 Å². The van der Waals surface area contributed by atoms with Crippen LogP contribution in [0.3, 0.4) is 0 Å². The molecule has 126 valence electrons. The molecule has 0 heterocycles. The number of anilines is 1. The Hall–Kier alpha value is -2.48. The number of carbonyl (C=O) groups excluding carboxylic acids is 1. The van der Waals surface area contributed by atoms with E-state index in [0.29, 0.717) is 5.56 Å². The van der Waals surface area contributed by atoms with Crippen molar-refractivity contribution in [2.45, 2.75) is 12.2 Å². The fourth-order valence-electron chi connectivity index (χ4n) is 1.98. The van der Waals surface area contributed by atoms with E-state index in [0.717, 1.165) is 12.1 Å². The Morgan fingerprint density at radius 2 is 1.88 bits per heavy atom. The fourth-order valence-corrected chi connectivity index (χ4v) is 2.79. The molecule has 0 bridgehead atoms. The van der Waals surface area contributed by atoms with Crippen molar-refractivity contribution >= 4 is 29.0 Å². The van der Waals surface area contributed by atoms with Gasteiger partial charge in [0.15, 0.2) is 0 Å². The fraction of sp³-hybridized carbons (Fsp3) is 0.188. The van der Waals surface area contributed by atoms with Crippen LogP contribution in [-0.4, -0.2) is 16.6 Å². The predicted molar refractivity (Wildman–Crippen MR) is 89.0 cm³/mol. The summed E-state index contributed by atoms with van der Waals surface area (Å²) >= 11 is 1.21. The molecule has 0 unspecified atom stereocenters. The number of nitro groups is 1. The molecule has 2 aromatic carbocycles. The van der Waals surface area contributed by atoms with E-state index in [2.05, 4.69) is 5.32 Å². The minimum atomic E-state index is -0.847. The van der Waals surface area contributed by atoms with Crippen molar-refractivity contribution in [3.63, 3.8) is 0 Å². The zero-order chi connectivity index (χ0) is 17.7. The molecule has 1 atom stereocenters. The van der Waals surface area contributed by atoms with Gasteiger partial charge in [0.05, 0.1) is 10.7 Å². The first-order valence-corrected chi connectivity index (χ1v) is 8.03. The predicted octanol–water partition coefficient (Wildman–Crippen LogP) is 4.31. The van der Waals surface area contributed by atoms with Crippen LogP contribution in [0, 0.1) is 21.7 Å². The number of thioether (sulfide) groups is 1. The van der Waals surface area contributed by atoms with Gasteiger partial charge in [-0.2, -0.15) is 0 Å². The Morgan fingerprint density at radius 3 is 2.50 bits per heavy atom. The van der Waals surface area contributed by atoms with E-state index in [1.807, 2.05) is 0 Å². The lowest BCUT2D eigenvalue weighted by Crippen LogP contribution is -2.16. The smallest absolute Gasteiger partial charge is 0.269 e. The summed E-state index contributed by atoms with van der Waals surface area (Å²) in [5.41, 5.74) is 0.183. The number of carbonyl (C=O) groups is 1. The summed E-state index contributed by atoms with van der Waals surface area (Å²) in [7, 11) is 0. The number of para-hydroxylation sites is 1. The molecule has 1 N–H and O–H groups in total. The Kier molecular flexibility index (Phi) is 5.86. The zero-order valence-corrected chi connectivity index (χ0v) is 13.5. The maximum atomic E-state index is 13.5. The van der Waals surface area contributed by atoms with Gasteiger partial charge in [-0.15, -0.1) is 11.8 Å². The highest BCUT2D eigenvalue weighted by atomic mass is 32.2. The highest BCUT2D eigenvalue weighted by molar-refractivity contribution is 8.00. The number of amides is 1. The Bertz CT molecular complexity index is 750. The third-order valence-electron chi connectivity index (χ3n) is 3.24. The largest absolute Gasteiger partial charge is 0.320 e. The number of benzene rings is 2. The second-order valence-electron chi connectivity index (χ2n) is 4.95. The van der Waals surface area contributed by atoms with Gasteiger partial charge in [0, 0.05) is 17.4 Å². The number of nitrogens with one attached hydrogen (secondary N) is 1. The summed E-state index contributed by atoms with van der Waals surface area (Å²) < 4.78 is 26.9. The molecule has 0 saturated heterocycles. The summed E-state index contributed by atoms with van der Waals surface area (Å²) in [6.07, 6.45) is 0. The van der Waals surface area contributed by atoms with Crippen LogP contribution in [0.1, 0.15) is 17.7 Å². The third kappa shape index (κ3) is 4.51. The highest BCUT2D eigenvalue weighted by Crippen LogP contribution is 2.30. The van der Waals surface area contributed by atoms with E-state index in [1.165, 1.54) is 30.0 Å². The zero-order valence-electron chi connectivity index (χ0n) is 12.7. The number of hydrogen-bond donors (Lipinski definition) is 1. The normalized spacial score (nSPS) is 11.8. The van der Waals surface area contributed by atoms with Gasteiger partial charge in [0.1, 0.15) is 17.3 Å². The van der Waals surface area contributed by atoms with Gasteiger partial charge in [0.2, 0.25) is 5.91 Å². The van der Waals surface area contributed by atoms with Gasteiger partial charge in [-0.25, -0.2) is 8.78 Å². The van der Waals surface area contributed by atoms with Crippen molar-refractivity contribution in [1.82, 2.24) is 0 Å². The Balaban J connectivity index is 1.96. The molecule has 0 saturated carbocycles. The van der Waals surface area contributed by atoms with Crippen molar-refractivity contribution in [1.29, 1.82) is 0 Å². The number of halogens is 2. The number of rotatable bonds is 6. The molecule has 0 aliphatic heterocycles. The van der Waals surface area contributed by atoms with Gasteiger partial charge in [-0.05, 0) is 24.6 Å². The molecular weight excluding hydrogens is 338 g/mol. The third-order valence-corrected chi connectivity index (χ3v) is 4.44. The summed E-state index contributed by atoms with van der Waals surface area (Å²) in [6, 6.07) is 9.42. The van der Waals surface area contributed by atoms with E-state index in [9.17, 15) is 23.7 Å². The van der Waals surface area contributed by atoms with Crippen LogP contribution in [0.5, 0.6) is 0 Å². The van der Waals surface area contributed by atoms with Gasteiger partial charge >= 0.3 is 0 Å². The molecule has 24 heavy (non-hydrogen) atoms. The molecular formula is C16H14F2N2O3S. The van der Waals surface area contributed by atoms with E-state index in [1.54, 1.807) is 19.1 Å². The molecule has 8 heteroatoms. The molecule has 0 aliphatic carbocycles. The summed E-state index contributed by atoms with van der Waals surface area (Å²) in [6.45, 7) is 1.79.